The Labute approximate surface area is 149 Å². The van der Waals surface area contributed by atoms with E-state index >= 15 is 0 Å². The van der Waals surface area contributed by atoms with Gasteiger partial charge in [-0.25, -0.2) is 0 Å². The minimum Gasteiger partial charge on any atom is -0.339 e. The second-order valence-electron chi connectivity index (χ2n) is 6.74. The number of hydrogen-bond donors (Lipinski definition) is 2. The fourth-order valence-electron chi connectivity index (χ4n) is 3.17. The summed E-state index contributed by atoms with van der Waals surface area (Å²) in [5.74, 6) is 0.820. The van der Waals surface area contributed by atoms with E-state index in [0.29, 0.717) is 17.5 Å². The molecule has 0 aromatic heterocycles. The lowest BCUT2D eigenvalue weighted by Gasteiger charge is -2.31. The molecule has 1 aliphatic carbocycles. The third-order valence-electron chi connectivity index (χ3n) is 5.04. The Bertz CT molecular complexity index is 582. The van der Waals surface area contributed by atoms with Crippen LogP contribution in [-0.2, 0) is 4.79 Å². The first kappa shape index (κ1) is 18.7. The number of benzene rings is 1. The van der Waals surface area contributed by atoms with Gasteiger partial charge >= 0.3 is 0 Å². The summed E-state index contributed by atoms with van der Waals surface area (Å²) in [4.78, 5) is 26.3. The Hall–Kier alpha value is -1.59. The molecule has 0 bridgehead atoms. The molecule has 5 nitrogen and oxygen atoms in total. The van der Waals surface area contributed by atoms with Crippen LogP contribution in [0.15, 0.2) is 24.3 Å². The molecule has 2 amide bonds. The van der Waals surface area contributed by atoms with Crippen LogP contribution in [0.5, 0.6) is 0 Å². The second-order valence-corrected chi connectivity index (χ2v) is 6.74. The molecule has 2 fully saturated rings. The number of rotatable bonds is 4. The van der Waals surface area contributed by atoms with E-state index in [-0.39, 0.29) is 30.1 Å². The van der Waals surface area contributed by atoms with Crippen LogP contribution in [0.3, 0.4) is 0 Å². The Kier molecular flexibility index (Phi) is 6.24. The highest BCUT2D eigenvalue weighted by Crippen LogP contribution is 2.38. The molecule has 0 spiro atoms. The topological polar surface area (TPSA) is 61.4 Å². The number of nitrogens with one attached hydrogen (secondary N) is 2. The van der Waals surface area contributed by atoms with Gasteiger partial charge in [0, 0.05) is 36.3 Å². The Morgan fingerprint density at radius 1 is 1.12 bits per heavy atom. The maximum atomic E-state index is 12.5. The molecule has 1 saturated carbocycles. The lowest BCUT2D eigenvalue weighted by molar-refractivity contribution is -0.117. The molecule has 2 N–H and O–H groups in total. The SMILES string of the molecule is CNC1CCN(C(=O)c2ccc(NC(=O)C3CC3C)cc2)CC1.Cl. The number of hydrogen-bond acceptors (Lipinski definition) is 3. The smallest absolute Gasteiger partial charge is 0.253 e. The minimum atomic E-state index is 0. The summed E-state index contributed by atoms with van der Waals surface area (Å²) < 4.78 is 0. The monoisotopic (exact) mass is 351 g/mol. The van der Waals surface area contributed by atoms with Gasteiger partial charge in [-0.3, -0.25) is 9.59 Å². The molecule has 1 aromatic rings. The van der Waals surface area contributed by atoms with E-state index in [4.69, 9.17) is 0 Å². The first-order chi connectivity index (χ1) is 11.1. The van der Waals surface area contributed by atoms with Crippen molar-refractivity contribution in [1.82, 2.24) is 10.2 Å². The van der Waals surface area contributed by atoms with Crippen molar-refractivity contribution >= 4 is 29.9 Å². The summed E-state index contributed by atoms with van der Waals surface area (Å²) in [7, 11) is 1.97. The van der Waals surface area contributed by atoms with Crippen LogP contribution in [-0.4, -0.2) is 42.9 Å². The zero-order valence-electron chi connectivity index (χ0n) is 14.2. The van der Waals surface area contributed by atoms with Crippen molar-refractivity contribution < 1.29 is 9.59 Å². The lowest BCUT2D eigenvalue weighted by Crippen LogP contribution is -2.43. The number of anilines is 1. The van der Waals surface area contributed by atoms with Gasteiger partial charge in [-0.1, -0.05) is 6.92 Å². The number of amides is 2. The van der Waals surface area contributed by atoms with Gasteiger partial charge in [0.2, 0.25) is 5.91 Å². The summed E-state index contributed by atoms with van der Waals surface area (Å²) in [5.41, 5.74) is 1.45. The van der Waals surface area contributed by atoms with Crippen molar-refractivity contribution in [2.45, 2.75) is 32.2 Å². The van der Waals surface area contributed by atoms with Crippen molar-refractivity contribution in [3.63, 3.8) is 0 Å². The Morgan fingerprint density at radius 2 is 1.71 bits per heavy atom. The van der Waals surface area contributed by atoms with Crippen LogP contribution in [0.4, 0.5) is 5.69 Å². The number of likely N-dealkylation sites (tertiary alicyclic amines) is 1. The summed E-state index contributed by atoms with van der Waals surface area (Å²) in [5, 5.41) is 6.19. The highest BCUT2D eigenvalue weighted by atomic mass is 35.5. The van der Waals surface area contributed by atoms with E-state index in [1.165, 1.54) is 0 Å². The van der Waals surface area contributed by atoms with E-state index in [1.54, 1.807) is 12.1 Å². The van der Waals surface area contributed by atoms with Crippen molar-refractivity contribution in [2.24, 2.45) is 11.8 Å². The Morgan fingerprint density at radius 3 is 2.21 bits per heavy atom. The van der Waals surface area contributed by atoms with Crippen LogP contribution in [0.1, 0.15) is 36.5 Å². The van der Waals surface area contributed by atoms with Crippen molar-refractivity contribution in [2.75, 3.05) is 25.5 Å². The third-order valence-corrected chi connectivity index (χ3v) is 5.04. The molecule has 1 aliphatic heterocycles. The van der Waals surface area contributed by atoms with Crippen LogP contribution in [0.2, 0.25) is 0 Å². The molecule has 6 heteroatoms. The average molecular weight is 352 g/mol. The summed E-state index contributed by atoms with van der Waals surface area (Å²) in [6.45, 7) is 3.67. The predicted molar refractivity (Wildman–Crippen MR) is 97.6 cm³/mol. The highest BCUT2D eigenvalue weighted by Gasteiger charge is 2.39. The van der Waals surface area contributed by atoms with E-state index in [9.17, 15) is 9.59 Å². The maximum absolute atomic E-state index is 12.5. The van der Waals surface area contributed by atoms with E-state index in [1.807, 2.05) is 24.1 Å². The highest BCUT2D eigenvalue weighted by molar-refractivity contribution is 5.97. The fourth-order valence-corrected chi connectivity index (χ4v) is 3.17. The van der Waals surface area contributed by atoms with Crippen LogP contribution >= 0.6 is 12.4 Å². The maximum Gasteiger partial charge on any atom is 0.253 e. The second kappa shape index (κ2) is 7.99. The number of nitrogens with zero attached hydrogens (tertiary/aromatic N) is 1. The molecule has 1 heterocycles. The molecule has 132 valence electrons. The minimum absolute atomic E-state index is 0. The lowest BCUT2D eigenvalue weighted by atomic mass is 10.0. The fraction of sp³-hybridized carbons (Fsp3) is 0.556. The van der Waals surface area contributed by atoms with E-state index < -0.39 is 0 Å². The summed E-state index contributed by atoms with van der Waals surface area (Å²) >= 11 is 0. The summed E-state index contributed by atoms with van der Waals surface area (Å²) in [6, 6.07) is 7.76. The standard InChI is InChI=1S/C18H25N3O2.ClH/c1-12-11-16(12)17(22)20-15-5-3-13(4-6-15)18(23)21-9-7-14(19-2)8-10-21;/h3-6,12,14,16,19H,7-11H2,1-2H3,(H,20,22);1H. The third kappa shape index (κ3) is 4.28. The molecule has 2 aliphatic rings. The summed E-state index contributed by atoms with van der Waals surface area (Å²) in [6.07, 6.45) is 2.97. The van der Waals surface area contributed by atoms with Gasteiger partial charge in [-0.05, 0) is 56.5 Å². The van der Waals surface area contributed by atoms with Crippen molar-refractivity contribution in [3.8, 4) is 0 Å². The van der Waals surface area contributed by atoms with Gasteiger partial charge in [-0.2, -0.15) is 0 Å². The molecule has 1 aromatic carbocycles. The normalized spacial score (nSPS) is 23.3. The first-order valence-corrected chi connectivity index (χ1v) is 8.46. The molecule has 1 saturated heterocycles. The van der Waals surface area contributed by atoms with Gasteiger partial charge in [0.05, 0.1) is 0 Å². The molecular weight excluding hydrogens is 326 g/mol. The number of piperidine rings is 1. The van der Waals surface area contributed by atoms with Crippen molar-refractivity contribution in [3.05, 3.63) is 29.8 Å². The largest absolute Gasteiger partial charge is 0.339 e. The molecule has 2 atom stereocenters. The van der Waals surface area contributed by atoms with Crippen LogP contribution < -0.4 is 10.6 Å². The Balaban J connectivity index is 0.00000208. The predicted octanol–water partition coefficient (Wildman–Crippen LogP) is 2.53. The van der Waals surface area contributed by atoms with Crippen molar-refractivity contribution in [1.29, 1.82) is 0 Å². The van der Waals surface area contributed by atoms with E-state index in [0.717, 1.165) is 38.0 Å². The number of halogens is 1. The molecule has 3 rings (SSSR count). The first-order valence-electron chi connectivity index (χ1n) is 8.46. The van der Waals surface area contributed by atoms with Crippen LogP contribution in [0.25, 0.3) is 0 Å². The van der Waals surface area contributed by atoms with E-state index in [2.05, 4.69) is 17.6 Å². The number of carbonyl (C=O) groups is 2. The van der Waals surface area contributed by atoms with Gasteiger partial charge in [-0.15, -0.1) is 12.4 Å². The zero-order chi connectivity index (χ0) is 16.4. The molecule has 2 unspecified atom stereocenters. The van der Waals surface area contributed by atoms with Gasteiger partial charge < -0.3 is 15.5 Å². The van der Waals surface area contributed by atoms with Crippen LogP contribution in [0, 0.1) is 11.8 Å². The zero-order valence-corrected chi connectivity index (χ0v) is 15.1. The molecule has 0 radical (unpaired) electrons. The number of carbonyl (C=O) groups excluding carboxylic acids is 2. The molecule has 24 heavy (non-hydrogen) atoms. The van der Waals surface area contributed by atoms with Gasteiger partial charge in [0.1, 0.15) is 0 Å². The quantitative estimate of drug-likeness (QED) is 0.876. The van der Waals surface area contributed by atoms with Gasteiger partial charge in [0.15, 0.2) is 0 Å². The average Bonchev–Trinajstić information content (AvgIpc) is 3.32. The molecular formula is C18H26ClN3O2. The van der Waals surface area contributed by atoms with Gasteiger partial charge in [0.25, 0.3) is 5.91 Å².